The maximum Gasteiger partial charge on any atom is 0.150 e. The first-order chi connectivity index (χ1) is 9.13. The van der Waals surface area contributed by atoms with Crippen LogP contribution in [0.4, 0.5) is 0 Å². The van der Waals surface area contributed by atoms with E-state index in [1.807, 2.05) is 37.3 Å². The van der Waals surface area contributed by atoms with Gasteiger partial charge in [0.05, 0.1) is 7.11 Å². The van der Waals surface area contributed by atoms with Crippen LogP contribution in [0.15, 0.2) is 36.4 Å². The molecule has 0 saturated carbocycles. The monoisotopic (exact) mass is 272 g/mol. The fourth-order valence-corrected chi connectivity index (χ4v) is 3.30. The third-order valence-electron chi connectivity index (χ3n) is 2.96. The molecule has 0 saturated heterocycles. The molecule has 0 amide bonds. The summed E-state index contributed by atoms with van der Waals surface area (Å²) in [5, 5.41) is 2.19. The summed E-state index contributed by atoms with van der Waals surface area (Å²) in [4.78, 5) is 11.2. The first kappa shape index (κ1) is 13.8. The highest BCUT2D eigenvalue weighted by Gasteiger charge is 2.08. The molecule has 0 aromatic heterocycles. The largest absolute Gasteiger partial charge is 0.496 e. The van der Waals surface area contributed by atoms with Crippen LogP contribution < -0.4 is 15.3 Å². The lowest BCUT2D eigenvalue weighted by Crippen LogP contribution is -2.11. The maximum atomic E-state index is 11.2. The summed E-state index contributed by atoms with van der Waals surface area (Å²) in [5.41, 5.74) is 3.07. The average Bonchev–Trinajstić information content (AvgIpc) is 2.41. The molecule has 0 heterocycles. The molecule has 0 fully saturated rings. The second-order valence-corrected chi connectivity index (χ2v) is 5.86. The number of methoxy groups -OCH3 is 1. The molecule has 0 spiro atoms. The van der Waals surface area contributed by atoms with Crippen LogP contribution in [-0.4, -0.2) is 13.4 Å². The van der Waals surface area contributed by atoms with Crippen molar-refractivity contribution >= 4 is 25.5 Å². The van der Waals surface area contributed by atoms with E-state index in [4.69, 9.17) is 4.74 Å². The van der Waals surface area contributed by atoms with Crippen LogP contribution in [0.5, 0.6) is 5.75 Å². The molecule has 2 aromatic rings. The molecule has 0 N–H and O–H groups in total. The fraction of sp³-hybridized carbons (Fsp3) is 0.188. The number of carbonyl (C=O) groups is 1. The van der Waals surface area contributed by atoms with E-state index in [0.29, 0.717) is 8.58 Å². The molecule has 2 aromatic carbocycles. The molecule has 0 radical (unpaired) electrons. The van der Waals surface area contributed by atoms with Crippen molar-refractivity contribution in [1.29, 1.82) is 0 Å². The van der Waals surface area contributed by atoms with Crippen molar-refractivity contribution in [3.05, 3.63) is 53.1 Å². The Morgan fingerprint density at radius 2 is 1.68 bits per heavy atom. The van der Waals surface area contributed by atoms with Gasteiger partial charge in [0.25, 0.3) is 0 Å². The van der Waals surface area contributed by atoms with Crippen molar-refractivity contribution < 1.29 is 9.53 Å². The lowest BCUT2D eigenvalue weighted by molar-refractivity contribution is 0.112. The lowest BCUT2D eigenvalue weighted by atomic mass is 10.2. The van der Waals surface area contributed by atoms with Gasteiger partial charge in [0.15, 0.2) is 6.29 Å². The predicted octanol–water partition coefficient (Wildman–Crippen LogP) is 2.75. The van der Waals surface area contributed by atoms with Crippen molar-refractivity contribution in [3.8, 4) is 5.75 Å². The molecule has 0 aliphatic heterocycles. The minimum absolute atomic E-state index is 0.425. The predicted molar refractivity (Wildman–Crippen MR) is 81.9 cm³/mol. The van der Waals surface area contributed by atoms with Gasteiger partial charge in [-0.05, 0) is 37.4 Å². The van der Waals surface area contributed by atoms with E-state index in [9.17, 15) is 4.79 Å². The number of hydrogen-bond acceptors (Lipinski definition) is 2. The van der Waals surface area contributed by atoms with E-state index in [1.165, 1.54) is 5.56 Å². The van der Waals surface area contributed by atoms with Gasteiger partial charge in [-0.25, -0.2) is 0 Å². The van der Waals surface area contributed by atoms with Gasteiger partial charge >= 0.3 is 0 Å². The first-order valence-corrected chi connectivity index (χ1v) is 7.11. The van der Waals surface area contributed by atoms with Gasteiger partial charge in [-0.1, -0.05) is 37.9 Å². The van der Waals surface area contributed by atoms with Gasteiger partial charge < -0.3 is 4.74 Å². The standard InChI is InChI=1S/C16H17O2P/c1-11-5-7-15(13(8-11)10-17)19-16-9-12(2)4-6-14(16)18-3/h4-10,19H,1-3H3. The van der Waals surface area contributed by atoms with Crippen LogP contribution >= 0.6 is 8.58 Å². The van der Waals surface area contributed by atoms with Crippen molar-refractivity contribution in [2.24, 2.45) is 0 Å². The molecule has 1 atom stereocenters. The summed E-state index contributed by atoms with van der Waals surface area (Å²) in [6.07, 6.45) is 0.928. The van der Waals surface area contributed by atoms with Crippen LogP contribution in [-0.2, 0) is 0 Å². The first-order valence-electron chi connectivity index (χ1n) is 6.11. The number of aldehydes is 1. The third-order valence-corrected chi connectivity index (χ3v) is 4.34. The summed E-state index contributed by atoms with van der Waals surface area (Å²) in [6.45, 7) is 4.05. The summed E-state index contributed by atoms with van der Waals surface area (Å²) < 4.78 is 5.39. The Labute approximate surface area is 115 Å². The van der Waals surface area contributed by atoms with Gasteiger partial charge in [-0.3, -0.25) is 4.79 Å². The number of carbonyl (C=O) groups excluding carboxylic acids is 1. The Kier molecular flexibility index (Phi) is 4.34. The third kappa shape index (κ3) is 3.21. The van der Waals surface area contributed by atoms with Crippen LogP contribution in [0.3, 0.4) is 0 Å². The minimum atomic E-state index is 0.425. The molecule has 2 rings (SSSR count). The summed E-state index contributed by atoms with van der Waals surface area (Å²) in [6, 6.07) is 12.1. The van der Waals surface area contributed by atoms with Crippen LogP contribution in [0.1, 0.15) is 21.5 Å². The topological polar surface area (TPSA) is 26.3 Å². The zero-order chi connectivity index (χ0) is 13.8. The number of hydrogen-bond donors (Lipinski definition) is 0. The summed E-state index contributed by atoms with van der Waals surface area (Å²) in [5.74, 6) is 0.876. The van der Waals surface area contributed by atoms with E-state index in [1.54, 1.807) is 7.11 Å². The molecular weight excluding hydrogens is 255 g/mol. The number of rotatable bonds is 4. The lowest BCUT2D eigenvalue weighted by Gasteiger charge is -2.11. The SMILES string of the molecule is COc1ccc(C)cc1Pc1ccc(C)cc1C=O. The average molecular weight is 272 g/mol. The minimum Gasteiger partial charge on any atom is -0.496 e. The van der Waals surface area contributed by atoms with E-state index in [-0.39, 0.29) is 0 Å². The van der Waals surface area contributed by atoms with Crippen LogP contribution in [0.25, 0.3) is 0 Å². The van der Waals surface area contributed by atoms with Gasteiger partial charge in [0.2, 0.25) is 0 Å². The van der Waals surface area contributed by atoms with Gasteiger partial charge in [0, 0.05) is 10.9 Å². The summed E-state index contributed by atoms with van der Waals surface area (Å²) in [7, 11) is 2.10. The Balaban J connectivity index is 2.40. The van der Waals surface area contributed by atoms with Crippen molar-refractivity contribution in [2.45, 2.75) is 13.8 Å². The highest BCUT2D eigenvalue weighted by atomic mass is 31.1. The van der Waals surface area contributed by atoms with Crippen molar-refractivity contribution in [2.75, 3.05) is 7.11 Å². The van der Waals surface area contributed by atoms with Crippen LogP contribution in [0, 0.1) is 13.8 Å². The summed E-state index contributed by atoms with van der Waals surface area (Å²) >= 11 is 0. The Bertz CT molecular complexity index is 606. The highest BCUT2D eigenvalue weighted by molar-refractivity contribution is 7.56. The van der Waals surface area contributed by atoms with Gasteiger partial charge in [0.1, 0.15) is 5.75 Å². The van der Waals surface area contributed by atoms with Gasteiger partial charge in [-0.15, -0.1) is 0 Å². The smallest absolute Gasteiger partial charge is 0.150 e. The molecule has 98 valence electrons. The highest BCUT2D eigenvalue weighted by Crippen LogP contribution is 2.21. The van der Waals surface area contributed by atoms with E-state index < -0.39 is 0 Å². The second-order valence-electron chi connectivity index (χ2n) is 4.54. The Hall–Kier alpha value is -1.66. The maximum absolute atomic E-state index is 11.2. The molecule has 0 bridgehead atoms. The molecule has 1 unspecified atom stereocenters. The molecule has 2 nitrogen and oxygen atoms in total. The van der Waals surface area contributed by atoms with E-state index in [2.05, 4.69) is 13.0 Å². The molecule has 3 heteroatoms. The Morgan fingerprint density at radius 3 is 2.37 bits per heavy atom. The van der Waals surface area contributed by atoms with Crippen molar-refractivity contribution in [1.82, 2.24) is 0 Å². The van der Waals surface area contributed by atoms with Crippen molar-refractivity contribution in [3.63, 3.8) is 0 Å². The Morgan fingerprint density at radius 1 is 1.00 bits per heavy atom. The second kappa shape index (κ2) is 5.99. The normalized spacial score (nSPS) is 10.9. The van der Waals surface area contributed by atoms with Gasteiger partial charge in [-0.2, -0.15) is 0 Å². The fourth-order valence-electron chi connectivity index (χ4n) is 1.96. The van der Waals surface area contributed by atoms with E-state index in [0.717, 1.165) is 33.8 Å². The number of aryl methyl sites for hydroxylation is 2. The van der Waals surface area contributed by atoms with Crippen LogP contribution in [0.2, 0.25) is 0 Å². The molecular formula is C16H17O2P. The number of ether oxygens (including phenoxy) is 1. The molecule has 19 heavy (non-hydrogen) atoms. The quantitative estimate of drug-likeness (QED) is 0.632. The zero-order valence-corrected chi connectivity index (χ0v) is 12.4. The van der Waals surface area contributed by atoms with E-state index >= 15 is 0 Å². The zero-order valence-electron chi connectivity index (χ0n) is 11.4. The molecule has 0 aliphatic carbocycles. The molecule has 0 aliphatic rings. The number of benzene rings is 2.